The fraction of sp³-hybridized carbons (Fsp3) is 0.111. The molecule has 1 atom stereocenters. The summed E-state index contributed by atoms with van der Waals surface area (Å²) in [4.78, 5) is 32.9. The highest BCUT2D eigenvalue weighted by atomic mass is 32.2. The molecule has 3 N–H and O–H groups in total. The number of nitrogens with two attached hydrogens (primary N) is 1. The van der Waals surface area contributed by atoms with Gasteiger partial charge in [0.25, 0.3) is 5.91 Å². The number of fused-ring (bicyclic) bond motifs is 1. The van der Waals surface area contributed by atoms with Gasteiger partial charge in [0, 0.05) is 18.1 Å². The second-order valence-corrected chi connectivity index (χ2v) is 7.40. The van der Waals surface area contributed by atoms with E-state index in [4.69, 9.17) is 9.88 Å². The van der Waals surface area contributed by atoms with E-state index in [9.17, 15) is 18.0 Å². The van der Waals surface area contributed by atoms with Crippen molar-refractivity contribution in [1.29, 1.82) is 0 Å². The monoisotopic (exact) mass is 400 g/mol. The van der Waals surface area contributed by atoms with E-state index in [0.717, 1.165) is 0 Å². The fourth-order valence-electron chi connectivity index (χ4n) is 2.41. The molecule has 1 heterocycles. The largest absolute Gasteiger partial charge is 0.449 e. The zero-order chi connectivity index (χ0) is 20.3. The van der Waals surface area contributed by atoms with E-state index < -0.39 is 28.0 Å². The maximum atomic E-state index is 12.4. The number of carbonyl (C=O) groups is 2. The van der Waals surface area contributed by atoms with Crippen molar-refractivity contribution in [3.8, 4) is 0 Å². The molecule has 1 unspecified atom stereocenters. The molecule has 0 aliphatic heterocycles. The van der Waals surface area contributed by atoms with Gasteiger partial charge in [0.05, 0.1) is 16.0 Å². The standard InChI is InChI=1S/C18H16N4O5S/c1-11(17(23)22-12-5-7-13(8-6-12)28(19,25)26)27-18(24)14-3-2-4-15-16(14)21-10-9-20-15/h2-11H,1H3,(H,22,23)(H2,19,25,26). The average Bonchev–Trinajstić information content (AvgIpc) is 2.67. The number of ether oxygens (including phenoxy) is 1. The van der Waals surface area contributed by atoms with Crippen LogP contribution in [0.3, 0.4) is 0 Å². The zero-order valence-corrected chi connectivity index (χ0v) is 15.5. The fourth-order valence-corrected chi connectivity index (χ4v) is 2.92. The van der Waals surface area contributed by atoms with Gasteiger partial charge in [-0.1, -0.05) is 6.07 Å². The third-order valence-electron chi connectivity index (χ3n) is 3.82. The van der Waals surface area contributed by atoms with Crippen LogP contribution in [0.25, 0.3) is 11.0 Å². The summed E-state index contributed by atoms with van der Waals surface area (Å²) < 4.78 is 27.7. The number of hydrogen-bond acceptors (Lipinski definition) is 7. The molecular formula is C18H16N4O5S. The number of esters is 1. The van der Waals surface area contributed by atoms with Crippen molar-refractivity contribution in [2.45, 2.75) is 17.9 Å². The number of nitrogens with zero attached hydrogens (tertiary/aromatic N) is 2. The van der Waals surface area contributed by atoms with Crippen molar-refractivity contribution < 1.29 is 22.7 Å². The second kappa shape index (κ2) is 7.71. The van der Waals surface area contributed by atoms with E-state index in [1.807, 2.05) is 0 Å². The first-order valence-corrected chi connectivity index (χ1v) is 9.65. The number of para-hydroxylation sites is 1. The molecule has 9 nitrogen and oxygen atoms in total. The number of nitrogens with one attached hydrogen (secondary N) is 1. The van der Waals surface area contributed by atoms with Gasteiger partial charge in [0.15, 0.2) is 6.10 Å². The van der Waals surface area contributed by atoms with Gasteiger partial charge in [-0.3, -0.25) is 14.8 Å². The lowest BCUT2D eigenvalue weighted by Gasteiger charge is -2.14. The molecule has 144 valence electrons. The van der Waals surface area contributed by atoms with Gasteiger partial charge in [-0.15, -0.1) is 0 Å². The second-order valence-electron chi connectivity index (χ2n) is 5.84. The van der Waals surface area contributed by atoms with E-state index in [0.29, 0.717) is 16.7 Å². The van der Waals surface area contributed by atoms with Crippen molar-refractivity contribution in [2.75, 3.05) is 5.32 Å². The van der Waals surface area contributed by atoms with E-state index in [2.05, 4.69) is 15.3 Å². The first-order valence-electron chi connectivity index (χ1n) is 8.10. The smallest absolute Gasteiger partial charge is 0.341 e. The lowest BCUT2D eigenvalue weighted by atomic mass is 10.2. The van der Waals surface area contributed by atoms with Crippen LogP contribution in [0.4, 0.5) is 5.69 Å². The molecule has 3 aromatic rings. The number of hydrogen-bond donors (Lipinski definition) is 2. The number of anilines is 1. The molecule has 28 heavy (non-hydrogen) atoms. The molecule has 0 saturated heterocycles. The number of amides is 1. The number of sulfonamides is 1. The van der Waals surface area contributed by atoms with Crippen LogP contribution in [0.1, 0.15) is 17.3 Å². The SMILES string of the molecule is CC(OC(=O)c1cccc2nccnc12)C(=O)Nc1ccc(S(N)(=O)=O)cc1. The Morgan fingerprint density at radius 3 is 2.43 bits per heavy atom. The Balaban J connectivity index is 1.69. The van der Waals surface area contributed by atoms with Crippen LogP contribution in [-0.4, -0.2) is 36.4 Å². The molecule has 2 aromatic carbocycles. The third kappa shape index (κ3) is 4.30. The lowest BCUT2D eigenvalue weighted by molar-refractivity contribution is -0.123. The van der Waals surface area contributed by atoms with Gasteiger partial charge in [-0.2, -0.15) is 0 Å². The molecule has 3 rings (SSSR count). The summed E-state index contributed by atoms with van der Waals surface area (Å²) >= 11 is 0. The summed E-state index contributed by atoms with van der Waals surface area (Å²) in [5.74, 6) is -1.29. The van der Waals surface area contributed by atoms with Crippen LogP contribution in [0, 0.1) is 0 Å². The quantitative estimate of drug-likeness (QED) is 0.618. The predicted molar refractivity (Wildman–Crippen MR) is 101 cm³/mol. The van der Waals surface area contributed by atoms with Gasteiger partial charge in [0.2, 0.25) is 10.0 Å². The van der Waals surface area contributed by atoms with Crippen LogP contribution in [0.5, 0.6) is 0 Å². The molecule has 1 aromatic heterocycles. The maximum absolute atomic E-state index is 12.4. The first kappa shape index (κ1) is 19.4. The van der Waals surface area contributed by atoms with Gasteiger partial charge in [-0.25, -0.2) is 18.4 Å². The number of aromatic nitrogens is 2. The van der Waals surface area contributed by atoms with Gasteiger partial charge < -0.3 is 10.1 Å². The van der Waals surface area contributed by atoms with E-state index in [-0.39, 0.29) is 10.5 Å². The molecule has 0 bridgehead atoms. The highest BCUT2D eigenvalue weighted by Crippen LogP contribution is 2.17. The van der Waals surface area contributed by atoms with Gasteiger partial charge in [-0.05, 0) is 43.3 Å². The van der Waals surface area contributed by atoms with E-state index in [1.165, 1.54) is 49.6 Å². The third-order valence-corrected chi connectivity index (χ3v) is 4.75. The Bertz CT molecular complexity index is 1140. The minimum absolute atomic E-state index is 0.0814. The first-order chi connectivity index (χ1) is 13.3. The Morgan fingerprint density at radius 2 is 1.75 bits per heavy atom. The molecule has 1 amide bonds. The van der Waals surface area contributed by atoms with E-state index in [1.54, 1.807) is 12.1 Å². The summed E-state index contributed by atoms with van der Waals surface area (Å²) in [5.41, 5.74) is 1.43. The summed E-state index contributed by atoms with van der Waals surface area (Å²) in [6.07, 6.45) is 1.87. The number of benzene rings is 2. The van der Waals surface area contributed by atoms with Gasteiger partial charge in [0.1, 0.15) is 5.52 Å². The number of primary sulfonamides is 1. The highest BCUT2D eigenvalue weighted by molar-refractivity contribution is 7.89. The topological polar surface area (TPSA) is 141 Å². The van der Waals surface area contributed by atoms with Crippen molar-refractivity contribution in [3.63, 3.8) is 0 Å². The molecule has 10 heteroatoms. The normalized spacial score (nSPS) is 12.4. The molecule has 0 spiro atoms. The predicted octanol–water partition coefficient (Wildman–Crippen LogP) is 1.46. The lowest BCUT2D eigenvalue weighted by Crippen LogP contribution is -2.30. The molecule has 0 radical (unpaired) electrons. The average molecular weight is 400 g/mol. The minimum Gasteiger partial charge on any atom is -0.449 e. The molecule has 0 saturated carbocycles. The summed E-state index contributed by atoms with van der Waals surface area (Å²) in [6, 6.07) is 10.2. The molecule has 0 aliphatic rings. The summed E-state index contributed by atoms with van der Waals surface area (Å²) in [7, 11) is -3.82. The van der Waals surface area contributed by atoms with Crippen LogP contribution in [-0.2, 0) is 19.6 Å². The summed E-state index contributed by atoms with van der Waals surface area (Å²) in [5, 5.41) is 7.56. The Hall–Kier alpha value is -3.37. The van der Waals surface area contributed by atoms with Crippen LogP contribution in [0.2, 0.25) is 0 Å². The Morgan fingerprint density at radius 1 is 1.07 bits per heavy atom. The van der Waals surface area contributed by atoms with Crippen molar-refractivity contribution in [1.82, 2.24) is 9.97 Å². The Kier molecular flexibility index (Phi) is 5.34. The van der Waals surface area contributed by atoms with E-state index >= 15 is 0 Å². The minimum atomic E-state index is -3.82. The molecule has 0 aliphatic carbocycles. The maximum Gasteiger partial charge on any atom is 0.341 e. The number of carbonyl (C=O) groups excluding carboxylic acids is 2. The Labute approximate surface area is 160 Å². The van der Waals surface area contributed by atoms with Gasteiger partial charge >= 0.3 is 5.97 Å². The summed E-state index contributed by atoms with van der Waals surface area (Å²) in [6.45, 7) is 1.42. The molecule has 0 fully saturated rings. The van der Waals surface area contributed by atoms with Crippen molar-refractivity contribution >= 4 is 38.6 Å². The van der Waals surface area contributed by atoms with Crippen LogP contribution < -0.4 is 10.5 Å². The van der Waals surface area contributed by atoms with Crippen molar-refractivity contribution in [3.05, 3.63) is 60.4 Å². The zero-order valence-electron chi connectivity index (χ0n) is 14.7. The number of rotatable bonds is 5. The van der Waals surface area contributed by atoms with Crippen LogP contribution in [0.15, 0.2) is 59.8 Å². The molecular weight excluding hydrogens is 384 g/mol. The highest BCUT2D eigenvalue weighted by Gasteiger charge is 2.21. The van der Waals surface area contributed by atoms with Crippen molar-refractivity contribution in [2.24, 2.45) is 5.14 Å². The van der Waals surface area contributed by atoms with Crippen LogP contribution >= 0.6 is 0 Å².